The third-order valence-corrected chi connectivity index (χ3v) is 7.13. The van der Waals surface area contributed by atoms with E-state index in [0.29, 0.717) is 16.9 Å². The van der Waals surface area contributed by atoms with Gasteiger partial charge in [0.05, 0.1) is 16.8 Å². The molecule has 0 aliphatic carbocycles. The number of rotatable bonds is 6. The largest absolute Gasteiger partial charge is 0.481 e. The predicted octanol–water partition coefficient (Wildman–Crippen LogP) is 5.05. The maximum atomic E-state index is 14.2. The number of hydrogen-bond acceptors (Lipinski definition) is 4. The van der Waals surface area contributed by atoms with Crippen LogP contribution in [0, 0.1) is 19.7 Å². The average Bonchev–Trinajstić information content (AvgIpc) is 3.04. The lowest BCUT2D eigenvalue weighted by Gasteiger charge is -2.12. The van der Waals surface area contributed by atoms with Crippen LogP contribution in [0.3, 0.4) is 0 Å². The molecule has 0 fully saturated rings. The zero-order chi connectivity index (χ0) is 23.0. The Hall–Kier alpha value is -3.65. The number of nitrogens with zero attached hydrogens (tertiary/aromatic N) is 1. The smallest absolute Gasteiger partial charge is 0.307 e. The van der Waals surface area contributed by atoms with E-state index in [0.717, 1.165) is 3.97 Å². The molecule has 0 aliphatic rings. The molecule has 3 aromatic carbocycles. The molecule has 0 bridgehead atoms. The first-order valence-corrected chi connectivity index (χ1v) is 11.2. The topological polar surface area (TPSA) is 85.6 Å². The summed E-state index contributed by atoms with van der Waals surface area (Å²) in [6, 6.07) is 17.6. The van der Waals surface area contributed by atoms with E-state index in [2.05, 4.69) is 0 Å². The first kappa shape index (κ1) is 21.6. The summed E-state index contributed by atoms with van der Waals surface area (Å²) in [7, 11) is -4.08. The van der Waals surface area contributed by atoms with Crippen LogP contribution in [0.1, 0.15) is 16.8 Å². The van der Waals surface area contributed by atoms with Gasteiger partial charge >= 0.3 is 5.97 Å². The van der Waals surface area contributed by atoms with Gasteiger partial charge in [-0.2, -0.15) is 0 Å². The second-order valence-corrected chi connectivity index (χ2v) is 9.14. The van der Waals surface area contributed by atoms with E-state index in [4.69, 9.17) is 4.74 Å². The van der Waals surface area contributed by atoms with Crippen LogP contribution in [0.2, 0.25) is 0 Å². The molecule has 0 aliphatic heterocycles. The van der Waals surface area contributed by atoms with Crippen molar-refractivity contribution in [2.45, 2.75) is 25.2 Å². The first-order chi connectivity index (χ1) is 15.2. The minimum atomic E-state index is -4.08. The number of ether oxygens (including phenoxy) is 1. The van der Waals surface area contributed by atoms with Crippen LogP contribution in [0.25, 0.3) is 10.9 Å². The molecule has 6 nitrogen and oxygen atoms in total. The molecule has 1 N–H and O–H groups in total. The lowest BCUT2D eigenvalue weighted by Crippen LogP contribution is -2.15. The number of aromatic nitrogens is 1. The summed E-state index contributed by atoms with van der Waals surface area (Å²) in [4.78, 5) is 11.4. The molecule has 0 atom stereocenters. The van der Waals surface area contributed by atoms with Gasteiger partial charge < -0.3 is 9.84 Å². The van der Waals surface area contributed by atoms with Gasteiger partial charge in [0.2, 0.25) is 0 Å². The Bertz CT molecular complexity index is 1430. The quantitative estimate of drug-likeness (QED) is 0.441. The molecule has 32 heavy (non-hydrogen) atoms. The summed E-state index contributed by atoms with van der Waals surface area (Å²) >= 11 is 0. The van der Waals surface area contributed by atoms with E-state index in [-0.39, 0.29) is 27.2 Å². The van der Waals surface area contributed by atoms with E-state index >= 15 is 0 Å². The zero-order valence-electron chi connectivity index (χ0n) is 17.4. The van der Waals surface area contributed by atoms with Gasteiger partial charge in [-0.05, 0) is 73.5 Å². The van der Waals surface area contributed by atoms with Gasteiger partial charge in [0, 0.05) is 11.1 Å². The van der Waals surface area contributed by atoms with Gasteiger partial charge in [-0.25, -0.2) is 16.8 Å². The Kier molecular flexibility index (Phi) is 5.48. The fraction of sp³-hybridized carbons (Fsp3) is 0.125. The van der Waals surface area contributed by atoms with Crippen molar-refractivity contribution < 1.29 is 27.4 Å². The second-order valence-electron chi connectivity index (χ2n) is 7.36. The Morgan fingerprint density at radius 1 is 0.969 bits per heavy atom. The molecule has 0 amide bonds. The van der Waals surface area contributed by atoms with E-state index in [1.807, 2.05) is 18.2 Å². The molecular weight excluding hydrogens is 433 g/mol. The number of para-hydroxylation sites is 1. The zero-order valence-corrected chi connectivity index (χ0v) is 18.2. The lowest BCUT2D eigenvalue weighted by molar-refractivity contribution is -0.136. The van der Waals surface area contributed by atoms with Crippen molar-refractivity contribution >= 4 is 26.9 Å². The molecular formula is C24H20FNO5S. The highest BCUT2D eigenvalue weighted by molar-refractivity contribution is 7.90. The van der Waals surface area contributed by atoms with E-state index in [1.54, 1.807) is 24.3 Å². The Balaban J connectivity index is 1.82. The van der Waals surface area contributed by atoms with Gasteiger partial charge in [0.1, 0.15) is 17.3 Å². The van der Waals surface area contributed by atoms with Gasteiger partial charge in [-0.15, -0.1) is 0 Å². The van der Waals surface area contributed by atoms with Crippen LogP contribution in [-0.4, -0.2) is 23.5 Å². The van der Waals surface area contributed by atoms with Crippen molar-refractivity contribution in [1.29, 1.82) is 0 Å². The highest BCUT2D eigenvalue weighted by atomic mass is 32.2. The molecule has 4 rings (SSSR count). The van der Waals surface area contributed by atoms with Gasteiger partial charge in [0.25, 0.3) is 10.0 Å². The van der Waals surface area contributed by atoms with Crippen molar-refractivity contribution in [1.82, 2.24) is 3.97 Å². The molecule has 1 heterocycles. The number of halogens is 1. The molecule has 1 aromatic heterocycles. The molecule has 0 saturated carbocycles. The fourth-order valence-corrected chi connectivity index (χ4v) is 5.37. The van der Waals surface area contributed by atoms with Crippen molar-refractivity contribution in [3.8, 4) is 11.5 Å². The number of carboxylic acid groups (broad SMARTS) is 1. The second kappa shape index (κ2) is 8.12. The monoisotopic (exact) mass is 453 g/mol. The molecule has 8 heteroatoms. The van der Waals surface area contributed by atoms with Crippen LogP contribution in [0.4, 0.5) is 4.39 Å². The Morgan fingerprint density at radius 2 is 1.59 bits per heavy atom. The fourth-order valence-electron chi connectivity index (χ4n) is 3.79. The third-order valence-electron chi connectivity index (χ3n) is 5.31. The maximum Gasteiger partial charge on any atom is 0.307 e. The van der Waals surface area contributed by atoms with Gasteiger partial charge in [-0.3, -0.25) is 4.79 Å². The summed E-state index contributed by atoms with van der Waals surface area (Å²) in [5.74, 6) is -0.573. The minimum Gasteiger partial charge on any atom is -0.481 e. The van der Waals surface area contributed by atoms with E-state index in [1.165, 1.54) is 38.1 Å². The number of aliphatic carboxylic acids is 1. The predicted molar refractivity (Wildman–Crippen MR) is 118 cm³/mol. The van der Waals surface area contributed by atoms with Crippen LogP contribution >= 0.6 is 0 Å². The molecule has 4 aromatic rings. The Morgan fingerprint density at radius 3 is 2.22 bits per heavy atom. The standard InChI is InChI=1S/C24H20FNO5S/c1-15-21(25)12-13-22-24(15)20(14-23(27)28)16(2)26(22)32(29,30)19-10-8-18(9-11-19)31-17-6-4-3-5-7-17/h3-13H,14H2,1-2H3,(H,27,28). The third kappa shape index (κ3) is 3.73. The number of fused-ring (bicyclic) bond motifs is 1. The number of carboxylic acids is 1. The minimum absolute atomic E-state index is 0.00163. The van der Waals surface area contributed by atoms with Crippen LogP contribution in [-0.2, 0) is 21.2 Å². The summed E-state index contributed by atoms with van der Waals surface area (Å²) in [5, 5.41) is 9.63. The Labute approximate surface area is 184 Å². The number of hydrogen-bond donors (Lipinski definition) is 1. The average molecular weight is 453 g/mol. The first-order valence-electron chi connectivity index (χ1n) is 9.79. The molecule has 0 radical (unpaired) electrons. The van der Waals surface area contributed by atoms with Crippen molar-refractivity contribution in [3.05, 3.63) is 89.4 Å². The lowest BCUT2D eigenvalue weighted by atomic mass is 10.0. The molecule has 0 saturated heterocycles. The van der Waals surface area contributed by atoms with Crippen molar-refractivity contribution in [3.63, 3.8) is 0 Å². The molecule has 0 spiro atoms. The van der Waals surface area contributed by atoms with Crippen molar-refractivity contribution in [2.75, 3.05) is 0 Å². The summed E-state index contributed by atoms with van der Waals surface area (Å²) in [6.07, 6.45) is -0.418. The van der Waals surface area contributed by atoms with E-state index in [9.17, 15) is 22.7 Å². The van der Waals surface area contributed by atoms with Crippen LogP contribution in [0.15, 0.2) is 71.6 Å². The normalized spacial score (nSPS) is 11.6. The highest BCUT2D eigenvalue weighted by Crippen LogP contribution is 2.34. The van der Waals surface area contributed by atoms with E-state index < -0.39 is 28.2 Å². The molecule has 0 unspecified atom stereocenters. The van der Waals surface area contributed by atoms with Crippen LogP contribution in [0.5, 0.6) is 11.5 Å². The van der Waals surface area contributed by atoms with Gasteiger partial charge in [-0.1, -0.05) is 18.2 Å². The number of aryl methyl sites for hydroxylation is 1. The summed E-state index contributed by atoms with van der Waals surface area (Å²) in [6.45, 7) is 3.04. The summed E-state index contributed by atoms with van der Waals surface area (Å²) in [5.41, 5.74) is 0.961. The number of carbonyl (C=O) groups is 1. The van der Waals surface area contributed by atoms with Crippen LogP contribution < -0.4 is 4.74 Å². The highest BCUT2D eigenvalue weighted by Gasteiger charge is 2.27. The SMILES string of the molecule is Cc1c(F)ccc2c1c(CC(=O)O)c(C)n2S(=O)(=O)c1ccc(Oc2ccccc2)cc1. The van der Waals surface area contributed by atoms with Crippen molar-refractivity contribution in [2.24, 2.45) is 0 Å². The molecule has 164 valence electrons. The number of benzene rings is 3. The van der Waals surface area contributed by atoms with Gasteiger partial charge in [0.15, 0.2) is 0 Å². The summed E-state index contributed by atoms with van der Waals surface area (Å²) < 4.78 is 48.1. The maximum absolute atomic E-state index is 14.2.